The van der Waals surface area contributed by atoms with Crippen molar-refractivity contribution in [3.05, 3.63) is 63.1 Å². The molecule has 0 heterocycles. The molecule has 4 heteroatoms. The molecule has 0 aliphatic heterocycles. The summed E-state index contributed by atoms with van der Waals surface area (Å²) in [5.41, 5.74) is 2.68. The molecular weight excluding hydrogens is 295 g/mol. The Bertz CT molecular complexity index is 609. The van der Waals surface area contributed by atoms with E-state index < -0.39 is 6.10 Å². The second-order valence-electron chi connectivity index (χ2n) is 4.74. The average Bonchev–Trinajstić information content (AvgIpc) is 2.38. The van der Waals surface area contributed by atoms with Crippen molar-refractivity contribution in [1.29, 1.82) is 0 Å². The summed E-state index contributed by atoms with van der Waals surface area (Å²) < 4.78 is 5.76. The van der Waals surface area contributed by atoms with E-state index >= 15 is 0 Å². The van der Waals surface area contributed by atoms with Crippen LogP contribution in [0.25, 0.3) is 0 Å². The second kappa shape index (κ2) is 6.49. The largest absolute Gasteiger partial charge is 0.488 e. The molecule has 20 heavy (non-hydrogen) atoms. The van der Waals surface area contributed by atoms with Gasteiger partial charge in [0.2, 0.25) is 0 Å². The molecular formula is C16H16Cl2O2. The van der Waals surface area contributed by atoms with Crippen LogP contribution >= 0.6 is 23.2 Å². The molecule has 1 atom stereocenters. The van der Waals surface area contributed by atoms with Crippen LogP contribution in [0.4, 0.5) is 0 Å². The predicted octanol–water partition coefficient (Wildman–Crippen LogP) is 4.93. The monoisotopic (exact) mass is 310 g/mol. The zero-order valence-corrected chi connectivity index (χ0v) is 12.9. The van der Waals surface area contributed by atoms with Crippen LogP contribution in [0.5, 0.6) is 5.75 Å². The van der Waals surface area contributed by atoms with E-state index in [4.69, 9.17) is 27.9 Å². The highest BCUT2D eigenvalue weighted by atomic mass is 35.5. The molecule has 0 aliphatic carbocycles. The average molecular weight is 311 g/mol. The number of aryl methyl sites for hydroxylation is 1. The standard InChI is InChI=1S/C16H16Cl2O2/c1-10-3-4-12(15(18)7-10)9-20-16-6-5-13(17)8-14(16)11(2)19/h3-8,11,19H,9H2,1-2H3/t11-/m0/s1. The Hall–Kier alpha value is -1.22. The molecule has 0 fully saturated rings. The lowest BCUT2D eigenvalue weighted by molar-refractivity contribution is 0.190. The first kappa shape index (κ1) is 15.2. The Balaban J connectivity index is 2.18. The van der Waals surface area contributed by atoms with Gasteiger partial charge in [0.1, 0.15) is 12.4 Å². The van der Waals surface area contributed by atoms with E-state index in [1.165, 1.54) is 0 Å². The number of halogens is 2. The van der Waals surface area contributed by atoms with Gasteiger partial charge in [0, 0.05) is 21.2 Å². The normalized spacial score (nSPS) is 12.2. The lowest BCUT2D eigenvalue weighted by Crippen LogP contribution is -2.01. The molecule has 0 unspecified atom stereocenters. The number of hydrogen-bond acceptors (Lipinski definition) is 2. The second-order valence-corrected chi connectivity index (χ2v) is 5.59. The molecule has 0 saturated carbocycles. The van der Waals surface area contributed by atoms with E-state index in [0.29, 0.717) is 28.0 Å². The summed E-state index contributed by atoms with van der Waals surface area (Å²) in [5, 5.41) is 11.0. The van der Waals surface area contributed by atoms with Gasteiger partial charge in [0.05, 0.1) is 6.10 Å². The third-order valence-corrected chi connectivity index (χ3v) is 3.60. The summed E-state index contributed by atoms with van der Waals surface area (Å²) in [6.45, 7) is 4.01. The van der Waals surface area contributed by atoms with Crippen molar-refractivity contribution < 1.29 is 9.84 Å². The fourth-order valence-corrected chi connectivity index (χ4v) is 2.37. The number of rotatable bonds is 4. The van der Waals surface area contributed by atoms with Gasteiger partial charge in [0.15, 0.2) is 0 Å². The molecule has 2 aromatic rings. The van der Waals surface area contributed by atoms with Crippen molar-refractivity contribution in [3.8, 4) is 5.75 Å². The zero-order chi connectivity index (χ0) is 14.7. The number of aliphatic hydroxyl groups is 1. The first-order valence-electron chi connectivity index (χ1n) is 6.32. The Kier molecular flexibility index (Phi) is 4.92. The Morgan fingerprint density at radius 1 is 1.15 bits per heavy atom. The molecule has 106 valence electrons. The van der Waals surface area contributed by atoms with Gasteiger partial charge >= 0.3 is 0 Å². The first-order chi connectivity index (χ1) is 9.47. The van der Waals surface area contributed by atoms with Crippen LogP contribution in [-0.4, -0.2) is 5.11 Å². The molecule has 2 rings (SSSR count). The fourth-order valence-electron chi connectivity index (χ4n) is 1.90. The molecule has 0 amide bonds. The molecule has 1 N–H and O–H groups in total. The highest BCUT2D eigenvalue weighted by Crippen LogP contribution is 2.29. The zero-order valence-electron chi connectivity index (χ0n) is 11.4. The molecule has 0 bridgehead atoms. The summed E-state index contributed by atoms with van der Waals surface area (Å²) in [6, 6.07) is 11.0. The van der Waals surface area contributed by atoms with Gasteiger partial charge in [-0.2, -0.15) is 0 Å². The Labute approximate surface area is 128 Å². The van der Waals surface area contributed by atoms with E-state index in [2.05, 4.69) is 0 Å². The van der Waals surface area contributed by atoms with Crippen LogP contribution in [0.1, 0.15) is 29.7 Å². The minimum absolute atomic E-state index is 0.348. The maximum Gasteiger partial charge on any atom is 0.125 e. The van der Waals surface area contributed by atoms with Crippen molar-refractivity contribution in [2.75, 3.05) is 0 Å². The summed E-state index contributed by atoms with van der Waals surface area (Å²) >= 11 is 12.1. The quantitative estimate of drug-likeness (QED) is 0.867. The topological polar surface area (TPSA) is 29.5 Å². The van der Waals surface area contributed by atoms with Crippen LogP contribution in [-0.2, 0) is 6.61 Å². The van der Waals surface area contributed by atoms with Crippen LogP contribution in [0.15, 0.2) is 36.4 Å². The number of ether oxygens (including phenoxy) is 1. The summed E-state index contributed by atoms with van der Waals surface area (Å²) in [5.74, 6) is 0.612. The van der Waals surface area contributed by atoms with E-state index in [9.17, 15) is 5.11 Å². The molecule has 0 radical (unpaired) electrons. The number of aliphatic hydroxyl groups excluding tert-OH is 1. The maximum absolute atomic E-state index is 9.75. The number of benzene rings is 2. The van der Waals surface area contributed by atoms with Crippen molar-refractivity contribution in [3.63, 3.8) is 0 Å². The smallest absolute Gasteiger partial charge is 0.125 e. The van der Waals surface area contributed by atoms with Gasteiger partial charge in [-0.1, -0.05) is 35.3 Å². The third kappa shape index (κ3) is 3.66. The molecule has 2 aromatic carbocycles. The SMILES string of the molecule is Cc1ccc(COc2ccc(Cl)cc2[C@H](C)O)c(Cl)c1. The third-order valence-electron chi connectivity index (χ3n) is 3.01. The molecule has 0 saturated heterocycles. The van der Waals surface area contributed by atoms with Crippen molar-refractivity contribution in [2.45, 2.75) is 26.6 Å². The molecule has 0 aromatic heterocycles. The van der Waals surface area contributed by atoms with Crippen molar-refractivity contribution in [1.82, 2.24) is 0 Å². The van der Waals surface area contributed by atoms with E-state index in [-0.39, 0.29) is 0 Å². The van der Waals surface area contributed by atoms with Gasteiger partial charge in [-0.3, -0.25) is 0 Å². The van der Waals surface area contributed by atoms with Crippen LogP contribution < -0.4 is 4.74 Å². The lowest BCUT2D eigenvalue weighted by Gasteiger charge is -2.14. The fraction of sp³-hybridized carbons (Fsp3) is 0.250. The van der Waals surface area contributed by atoms with Gasteiger partial charge in [0.25, 0.3) is 0 Å². The Morgan fingerprint density at radius 2 is 1.90 bits per heavy atom. The first-order valence-corrected chi connectivity index (χ1v) is 7.08. The summed E-state index contributed by atoms with van der Waals surface area (Å²) in [7, 11) is 0. The van der Waals surface area contributed by atoms with E-state index in [1.54, 1.807) is 25.1 Å². The molecule has 0 spiro atoms. The summed E-state index contributed by atoms with van der Waals surface area (Å²) in [4.78, 5) is 0. The molecule has 0 aliphatic rings. The van der Waals surface area contributed by atoms with Crippen LogP contribution in [0.2, 0.25) is 10.0 Å². The van der Waals surface area contributed by atoms with Gasteiger partial charge < -0.3 is 9.84 Å². The maximum atomic E-state index is 9.75. The van der Waals surface area contributed by atoms with Crippen molar-refractivity contribution in [2.24, 2.45) is 0 Å². The van der Waals surface area contributed by atoms with Gasteiger partial charge in [-0.25, -0.2) is 0 Å². The van der Waals surface area contributed by atoms with Crippen LogP contribution in [0, 0.1) is 6.92 Å². The van der Waals surface area contributed by atoms with Crippen molar-refractivity contribution >= 4 is 23.2 Å². The minimum Gasteiger partial charge on any atom is -0.488 e. The van der Waals surface area contributed by atoms with Gasteiger partial charge in [-0.05, 0) is 43.7 Å². The lowest BCUT2D eigenvalue weighted by atomic mass is 10.1. The van der Waals surface area contributed by atoms with Gasteiger partial charge in [-0.15, -0.1) is 0 Å². The number of hydrogen-bond donors (Lipinski definition) is 1. The predicted molar refractivity (Wildman–Crippen MR) is 82.6 cm³/mol. The minimum atomic E-state index is -0.641. The van der Waals surface area contributed by atoms with E-state index in [1.807, 2.05) is 25.1 Å². The van der Waals surface area contributed by atoms with E-state index in [0.717, 1.165) is 11.1 Å². The highest BCUT2D eigenvalue weighted by Gasteiger charge is 2.11. The highest BCUT2D eigenvalue weighted by molar-refractivity contribution is 6.31. The molecule has 2 nitrogen and oxygen atoms in total. The van der Waals surface area contributed by atoms with Crippen LogP contribution in [0.3, 0.4) is 0 Å². The Morgan fingerprint density at radius 3 is 2.55 bits per heavy atom. The summed E-state index contributed by atoms with van der Waals surface area (Å²) in [6.07, 6.45) is -0.641.